The predicted molar refractivity (Wildman–Crippen MR) is 180 cm³/mol. The van der Waals surface area contributed by atoms with E-state index in [9.17, 15) is 14.7 Å². The van der Waals surface area contributed by atoms with Crippen molar-refractivity contribution in [1.82, 2.24) is 19.8 Å². The van der Waals surface area contributed by atoms with Gasteiger partial charge in [-0.3, -0.25) is 14.5 Å². The summed E-state index contributed by atoms with van der Waals surface area (Å²) in [5.41, 5.74) is 9.36. The second kappa shape index (κ2) is 13.3. The van der Waals surface area contributed by atoms with Crippen LogP contribution in [0.5, 0.6) is 11.5 Å². The normalized spacial score (nSPS) is 24.2. The number of benzene rings is 1. The number of nitrogens with zero attached hydrogens (tertiary/aromatic N) is 3. The van der Waals surface area contributed by atoms with Gasteiger partial charge in [0.1, 0.15) is 18.1 Å². The number of hydrogen-bond donors (Lipinski definition) is 3. The van der Waals surface area contributed by atoms with Crippen molar-refractivity contribution in [3.05, 3.63) is 58.9 Å². The molecule has 2 aromatic heterocycles. The number of carbonyl (C=O) groups excluding carboxylic acids is 2. The van der Waals surface area contributed by atoms with Crippen molar-refractivity contribution in [2.24, 2.45) is 11.1 Å². The maximum Gasteiger partial charge on any atom is 0.252 e. The van der Waals surface area contributed by atoms with Crippen LogP contribution in [0.25, 0.3) is 5.52 Å². The van der Waals surface area contributed by atoms with Crippen molar-refractivity contribution < 1.29 is 28.9 Å². The number of hydrogen-bond acceptors (Lipinski definition) is 8. The van der Waals surface area contributed by atoms with Gasteiger partial charge in [0.2, 0.25) is 5.91 Å². The average Bonchev–Trinajstić information content (AvgIpc) is 3.78. The molecule has 1 aliphatic heterocycles. The Bertz CT molecular complexity index is 1640. The highest BCUT2D eigenvalue weighted by Gasteiger charge is 2.54. The second-order valence-corrected chi connectivity index (χ2v) is 15.2. The molecular weight excluding hydrogens is 610 g/mol. The van der Waals surface area contributed by atoms with Crippen LogP contribution in [-0.4, -0.2) is 88.6 Å². The van der Waals surface area contributed by atoms with Crippen LogP contribution in [0.2, 0.25) is 0 Å². The number of amides is 2. The summed E-state index contributed by atoms with van der Waals surface area (Å²) in [7, 11) is 0. The minimum atomic E-state index is -0.930. The Balaban J connectivity index is 0.891. The Morgan fingerprint density at radius 3 is 2.58 bits per heavy atom. The summed E-state index contributed by atoms with van der Waals surface area (Å²) >= 11 is 0. The summed E-state index contributed by atoms with van der Waals surface area (Å²) < 4.78 is 19.7. The number of aromatic nitrogens is 2. The molecule has 48 heavy (non-hydrogen) atoms. The van der Waals surface area contributed by atoms with Gasteiger partial charge in [0.15, 0.2) is 0 Å². The van der Waals surface area contributed by atoms with Gasteiger partial charge in [-0.05, 0) is 107 Å². The van der Waals surface area contributed by atoms with Gasteiger partial charge in [0.05, 0.1) is 54.3 Å². The van der Waals surface area contributed by atoms with Gasteiger partial charge in [0.25, 0.3) is 5.91 Å². The summed E-state index contributed by atoms with van der Waals surface area (Å²) in [4.78, 5) is 27.7. The zero-order valence-electron chi connectivity index (χ0n) is 28.2. The van der Waals surface area contributed by atoms with Crippen LogP contribution in [-0.2, 0) is 22.4 Å². The monoisotopic (exact) mass is 659 g/mol. The van der Waals surface area contributed by atoms with E-state index in [4.69, 9.17) is 19.9 Å². The van der Waals surface area contributed by atoms with Crippen LogP contribution in [0, 0.1) is 5.41 Å². The van der Waals surface area contributed by atoms with Crippen LogP contribution in [0.15, 0.2) is 36.5 Å². The number of pyridine rings is 1. The molecule has 11 heteroatoms. The molecule has 2 amide bonds. The maximum absolute atomic E-state index is 13.1. The Morgan fingerprint density at radius 2 is 1.88 bits per heavy atom. The number of aliphatic hydroxyl groups is 1. The van der Waals surface area contributed by atoms with E-state index in [1.807, 2.05) is 28.8 Å². The number of nitrogens with two attached hydrogens (primary N) is 1. The molecule has 4 N–H and O–H groups in total. The molecule has 3 heterocycles. The van der Waals surface area contributed by atoms with E-state index in [-0.39, 0.29) is 36.5 Å². The van der Waals surface area contributed by atoms with Crippen molar-refractivity contribution in [2.45, 2.75) is 95.3 Å². The highest BCUT2D eigenvalue weighted by molar-refractivity contribution is 5.95. The zero-order chi connectivity index (χ0) is 33.5. The highest BCUT2D eigenvalue weighted by atomic mass is 16.5. The third-order valence-electron chi connectivity index (χ3n) is 10.3. The molecule has 7 rings (SSSR count). The highest BCUT2D eigenvalue weighted by Crippen LogP contribution is 2.57. The maximum atomic E-state index is 13.1. The minimum Gasteiger partial charge on any atom is -0.490 e. The smallest absolute Gasteiger partial charge is 0.252 e. The standard InChI is InChI=1S/C37H49N5O6/c1-36(2,45)23-47-31-10-9-30-26(22-39-42(30)34(31)25-6-7-25)17-33(43)40-27-18-37(19-27)20-28(21-37)48-32-16-24(5-8-29(32)35(38)44)4-3-11-41-12-14-46-15-13-41/h5,8-10,16,22,25,27-28,45H,3-4,6-7,11-15,17-21,23H2,1-2H3,(H2,38,44)(H,40,43). The fourth-order valence-electron chi connectivity index (χ4n) is 7.75. The fourth-order valence-corrected chi connectivity index (χ4v) is 7.75. The van der Waals surface area contributed by atoms with E-state index in [2.05, 4.69) is 15.3 Å². The lowest BCUT2D eigenvalue weighted by Crippen LogP contribution is -2.59. The third kappa shape index (κ3) is 7.48. The summed E-state index contributed by atoms with van der Waals surface area (Å²) in [6.45, 7) is 8.24. The first-order chi connectivity index (χ1) is 23.0. The lowest BCUT2D eigenvalue weighted by molar-refractivity contribution is -0.126. The molecule has 1 spiro atoms. The number of carbonyl (C=O) groups is 2. The van der Waals surface area contributed by atoms with Gasteiger partial charge in [-0.25, -0.2) is 4.52 Å². The number of aryl methyl sites for hydroxylation is 1. The molecule has 3 saturated carbocycles. The summed E-state index contributed by atoms with van der Waals surface area (Å²) in [5, 5.41) is 18.0. The van der Waals surface area contributed by atoms with E-state index in [1.54, 1.807) is 26.1 Å². The Labute approximate surface area is 282 Å². The van der Waals surface area contributed by atoms with Crippen molar-refractivity contribution in [2.75, 3.05) is 39.5 Å². The molecular formula is C37H49N5O6. The van der Waals surface area contributed by atoms with Crippen LogP contribution in [0.3, 0.4) is 0 Å². The first-order valence-corrected chi connectivity index (χ1v) is 17.6. The van der Waals surface area contributed by atoms with Crippen molar-refractivity contribution in [3.63, 3.8) is 0 Å². The zero-order valence-corrected chi connectivity index (χ0v) is 28.2. The molecule has 11 nitrogen and oxygen atoms in total. The summed E-state index contributed by atoms with van der Waals surface area (Å²) in [6.07, 6.45) is 9.91. The molecule has 3 aliphatic carbocycles. The minimum absolute atomic E-state index is 0.00346. The van der Waals surface area contributed by atoms with Crippen LogP contribution in [0.4, 0.5) is 0 Å². The van der Waals surface area contributed by atoms with Crippen molar-refractivity contribution in [1.29, 1.82) is 0 Å². The largest absolute Gasteiger partial charge is 0.490 e. The number of primary amides is 1. The van der Waals surface area contributed by atoms with E-state index in [1.165, 1.54) is 0 Å². The van der Waals surface area contributed by atoms with Crippen LogP contribution < -0.4 is 20.5 Å². The van der Waals surface area contributed by atoms with E-state index in [0.717, 1.165) is 112 Å². The Kier molecular flexibility index (Phi) is 9.12. The second-order valence-electron chi connectivity index (χ2n) is 15.2. The van der Waals surface area contributed by atoms with E-state index in [0.29, 0.717) is 17.2 Å². The quantitative estimate of drug-likeness (QED) is 0.238. The number of rotatable bonds is 14. The molecule has 0 bridgehead atoms. The number of ether oxygens (including phenoxy) is 3. The van der Waals surface area contributed by atoms with Gasteiger partial charge in [-0.2, -0.15) is 5.10 Å². The summed E-state index contributed by atoms with van der Waals surface area (Å²) in [5.74, 6) is 1.24. The van der Waals surface area contributed by atoms with Gasteiger partial charge in [-0.15, -0.1) is 0 Å². The Morgan fingerprint density at radius 1 is 1.10 bits per heavy atom. The summed E-state index contributed by atoms with van der Waals surface area (Å²) in [6, 6.07) is 9.83. The SMILES string of the molecule is CC(C)(O)COc1ccc2c(CC(=O)NC3CC4(C3)CC(Oc3cc(CCCN5CCOCC5)ccc3C(N)=O)C4)cnn2c1C1CC1. The Hall–Kier alpha value is -3.67. The van der Waals surface area contributed by atoms with Gasteiger partial charge >= 0.3 is 0 Å². The number of fused-ring (bicyclic) bond motifs is 1. The molecule has 258 valence electrons. The molecule has 0 unspecified atom stereocenters. The van der Waals surface area contributed by atoms with Crippen LogP contribution in [0.1, 0.15) is 91.9 Å². The first kappa shape index (κ1) is 32.9. The molecule has 0 radical (unpaired) electrons. The fraction of sp³-hybridized carbons (Fsp3) is 0.595. The number of nitrogens with one attached hydrogen (secondary N) is 1. The number of morpholine rings is 1. The molecule has 4 fully saturated rings. The van der Waals surface area contributed by atoms with E-state index >= 15 is 0 Å². The van der Waals surface area contributed by atoms with Crippen LogP contribution >= 0.6 is 0 Å². The lowest BCUT2D eigenvalue weighted by atomic mass is 9.53. The van der Waals surface area contributed by atoms with E-state index < -0.39 is 11.5 Å². The molecule has 1 aromatic carbocycles. The third-order valence-corrected chi connectivity index (χ3v) is 10.3. The van der Waals surface area contributed by atoms with Crippen molar-refractivity contribution >= 4 is 17.3 Å². The first-order valence-electron chi connectivity index (χ1n) is 17.6. The lowest BCUT2D eigenvalue weighted by Gasteiger charge is -2.57. The predicted octanol–water partition coefficient (Wildman–Crippen LogP) is 3.77. The van der Waals surface area contributed by atoms with Gasteiger partial charge < -0.3 is 30.4 Å². The van der Waals surface area contributed by atoms with Crippen molar-refractivity contribution in [3.8, 4) is 11.5 Å². The topological polar surface area (TPSA) is 141 Å². The van der Waals surface area contributed by atoms with Gasteiger partial charge in [-0.1, -0.05) is 6.07 Å². The average molecular weight is 660 g/mol. The molecule has 1 saturated heterocycles. The molecule has 3 aromatic rings. The molecule has 4 aliphatic rings. The van der Waals surface area contributed by atoms with Gasteiger partial charge in [0, 0.05) is 30.6 Å². The molecule has 0 atom stereocenters.